The number of hydrogen-bond acceptors (Lipinski definition) is 24. The van der Waals surface area contributed by atoms with Gasteiger partial charge in [-0.15, -0.1) is 0 Å². The van der Waals surface area contributed by atoms with Crippen molar-refractivity contribution in [1.82, 2.24) is 31.9 Å². The molecule has 0 spiro atoms. The maximum Gasteiger partial charge on any atom is 0.364 e. The van der Waals surface area contributed by atoms with E-state index in [1.807, 2.05) is 11.8 Å². The van der Waals surface area contributed by atoms with Crippen LogP contribution in [0.2, 0.25) is 0 Å². The molecule has 5 aliphatic rings. The van der Waals surface area contributed by atoms with Gasteiger partial charge in [0.05, 0.1) is 37.4 Å². The first-order chi connectivity index (χ1) is 38.4. The summed E-state index contributed by atoms with van der Waals surface area (Å²) in [5.41, 5.74) is 0. The van der Waals surface area contributed by atoms with Gasteiger partial charge >= 0.3 is 23.9 Å². The Labute approximate surface area is 472 Å². The number of carboxylic acids is 1. The van der Waals surface area contributed by atoms with Crippen LogP contribution in [0.1, 0.15) is 105 Å². The zero-order valence-electron chi connectivity index (χ0n) is 45.8. The number of aliphatic hydroxyl groups is 7. The zero-order valence-corrected chi connectivity index (χ0v) is 46.7. The number of carbonyl (C=O) groups is 8. The SMILES string of the molecule is CC(=O)N[C@H]1[C@H](OCCCCCNC(=O)CCCCCNC(=O)CCCC[C@@H]2SC[C@@H]3NC(=O)N[C@@H]32)O[C@H](CO)[C@@H](O[C@@H]2O[C@H](CO[C@]3(C(=O)O)C[C@H](O)[C@@H](NC(C)=O)[C@H]([C@H](OC(C)=O)[C@H](O)COC(C)=O)O3)[C@H](O)[C@H](O)[C@H]2O)[C@@H]1O. The molecule has 0 aromatic carbocycles. The number of urea groups is 1. The Hall–Kier alpha value is -4.61. The molecular weight excluding hydrogens is 1100 g/mol. The lowest BCUT2D eigenvalue weighted by Gasteiger charge is -2.48. The van der Waals surface area contributed by atoms with Crippen molar-refractivity contribution in [2.45, 2.75) is 220 Å². The van der Waals surface area contributed by atoms with Crippen LogP contribution in [0, 0.1) is 0 Å². The summed E-state index contributed by atoms with van der Waals surface area (Å²) in [4.78, 5) is 97.6. The van der Waals surface area contributed by atoms with Gasteiger partial charge in [0.2, 0.25) is 23.6 Å². The van der Waals surface area contributed by atoms with Crippen LogP contribution < -0.4 is 31.9 Å². The number of unbranched alkanes of at least 4 members (excludes halogenated alkanes) is 5. The van der Waals surface area contributed by atoms with Gasteiger partial charge in [0, 0.05) is 77.7 Å². The lowest BCUT2D eigenvalue weighted by Crippen LogP contribution is -2.69. The van der Waals surface area contributed by atoms with Crippen LogP contribution in [0.15, 0.2) is 0 Å². The van der Waals surface area contributed by atoms with Crippen LogP contribution in [0.4, 0.5) is 4.79 Å². The fourth-order valence-corrected chi connectivity index (χ4v) is 11.7. The highest BCUT2D eigenvalue weighted by molar-refractivity contribution is 8.00. The number of hydrogen-bond donors (Lipinski definition) is 14. The molecule has 0 aromatic rings. The van der Waals surface area contributed by atoms with Crippen LogP contribution in [0.5, 0.6) is 0 Å². The average Bonchev–Trinajstić information content (AvgIpc) is 4.00. The second-order valence-corrected chi connectivity index (χ2v) is 22.0. The molecule has 0 radical (unpaired) electrons. The number of carboxylic acid groups (broad SMARTS) is 1. The summed E-state index contributed by atoms with van der Waals surface area (Å²) < 4.78 is 45.0. The Balaban J connectivity index is 1.06. The summed E-state index contributed by atoms with van der Waals surface area (Å²) in [7, 11) is 0. The minimum absolute atomic E-state index is 0.00111. The minimum Gasteiger partial charge on any atom is -0.477 e. The van der Waals surface area contributed by atoms with Gasteiger partial charge in [-0.3, -0.25) is 28.8 Å². The number of rotatable bonds is 32. The highest BCUT2D eigenvalue weighted by Gasteiger charge is 2.58. The molecule has 0 bridgehead atoms. The Kier molecular flexibility index (Phi) is 26.9. The molecule has 5 aliphatic heterocycles. The van der Waals surface area contributed by atoms with Crippen molar-refractivity contribution in [3.05, 3.63) is 0 Å². The van der Waals surface area contributed by atoms with E-state index in [4.69, 9.17) is 37.9 Å². The molecule has 462 valence electrons. The Morgan fingerprint density at radius 3 is 2.00 bits per heavy atom. The highest BCUT2D eigenvalue weighted by Crippen LogP contribution is 2.37. The molecule has 5 fully saturated rings. The molecule has 0 unspecified atom stereocenters. The average molecular weight is 1180 g/mol. The predicted octanol–water partition coefficient (Wildman–Crippen LogP) is -4.22. The number of thioether (sulfide) groups is 1. The number of aliphatic hydroxyl groups excluding tert-OH is 7. The monoisotopic (exact) mass is 1180 g/mol. The summed E-state index contributed by atoms with van der Waals surface area (Å²) in [6.45, 7) is 2.42. The number of esters is 2. The van der Waals surface area contributed by atoms with Crippen LogP contribution in [-0.4, -0.2) is 249 Å². The lowest BCUT2D eigenvalue weighted by atomic mass is 9.88. The van der Waals surface area contributed by atoms with Crippen molar-refractivity contribution in [3.63, 3.8) is 0 Å². The number of ether oxygens (including phenoxy) is 8. The molecule has 14 N–H and O–H groups in total. The van der Waals surface area contributed by atoms with Gasteiger partial charge in [-0.1, -0.05) is 12.8 Å². The van der Waals surface area contributed by atoms with Gasteiger partial charge in [0.15, 0.2) is 18.7 Å². The fourth-order valence-electron chi connectivity index (χ4n) is 10.2. The standard InChI is InChI=1S/C50H82N6O24S/c1-24(58)53-37-29(62)19-50(48(70)71,80-45(37)43(76-27(4)61)30(63)21-74-26(3)60)75-22-32-39(66)41(68)42(69)47(78-32)79-44-31(20-57)77-46(38(40(44)67)54-25(2)59)73-18-12-6-11-17-52-34(64)14-7-5-10-16-51-35(65)15-9-8-13-33-36-28(23-81-33)55-49(72)56-36/h28-33,36-47,57,62-63,66-69H,5-23H2,1-4H3,(H,51,65)(H,52,64)(H,53,58)(H,54,59)(H,70,71)(H2,55,56,72)/t28-,29-,30+,31+,32+,33-,36-,37+,38+,39-,40+,41-,42+,43+,44+,45+,46+,47-,50+/m0/s1. The number of fused-ring (bicyclic) bond motifs is 1. The third kappa shape index (κ3) is 19.7. The van der Waals surface area contributed by atoms with Gasteiger partial charge < -0.3 is 111 Å². The Morgan fingerprint density at radius 2 is 1.38 bits per heavy atom. The van der Waals surface area contributed by atoms with Gasteiger partial charge in [-0.25, -0.2) is 9.59 Å². The maximum absolute atomic E-state index is 13.0. The summed E-state index contributed by atoms with van der Waals surface area (Å²) in [6.07, 6.45) is -17.7. The van der Waals surface area contributed by atoms with E-state index >= 15 is 0 Å². The van der Waals surface area contributed by atoms with E-state index < -0.39 is 154 Å². The first-order valence-electron chi connectivity index (χ1n) is 27.3. The molecule has 5 saturated heterocycles. The zero-order chi connectivity index (χ0) is 59.6. The number of amides is 6. The Bertz CT molecular complexity index is 2100. The highest BCUT2D eigenvalue weighted by atomic mass is 32.2. The van der Waals surface area contributed by atoms with Gasteiger partial charge in [0.25, 0.3) is 5.79 Å². The number of aliphatic carboxylic acids is 1. The molecule has 5 rings (SSSR count). The van der Waals surface area contributed by atoms with E-state index in [-0.39, 0.29) is 36.5 Å². The van der Waals surface area contributed by atoms with Crippen molar-refractivity contribution < 1.29 is 117 Å². The first kappa shape index (κ1) is 67.2. The third-order valence-corrected chi connectivity index (χ3v) is 15.8. The molecule has 31 heteroatoms. The van der Waals surface area contributed by atoms with E-state index in [1.54, 1.807) is 0 Å². The second kappa shape index (κ2) is 32.4. The molecule has 30 nitrogen and oxygen atoms in total. The quantitative estimate of drug-likeness (QED) is 0.0172. The lowest BCUT2D eigenvalue weighted by molar-refractivity contribution is -0.360. The van der Waals surface area contributed by atoms with E-state index in [0.717, 1.165) is 65.6 Å². The minimum atomic E-state index is -2.95. The largest absolute Gasteiger partial charge is 0.477 e. The molecular formula is C50H82N6O24S. The summed E-state index contributed by atoms with van der Waals surface area (Å²) in [6, 6.07) is -2.71. The molecule has 81 heavy (non-hydrogen) atoms. The molecule has 19 atom stereocenters. The van der Waals surface area contributed by atoms with Crippen LogP contribution in [0.3, 0.4) is 0 Å². The van der Waals surface area contributed by atoms with Crippen molar-refractivity contribution >= 4 is 59.3 Å². The summed E-state index contributed by atoms with van der Waals surface area (Å²) >= 11 is 1.85. The van der Waals surface area contributed by atoms with E-state index in [0.29, 0.717) is 56.9 Å². The maximum atomic E-state index is 13.0. The normalized spacial score (nSPS) is 33.4. The smallest absolute Gasteiger partial charge is 0.364 e. The van der Waals surface area contributed by atoms with Crippen molar-refractivity contribution in [3.8, 4) is 0 Å². The van der Waals surface area contributed by atoms with Gasteiger partial charge in [-0.05, 0) is 44.9 Å². The van der Waals surface area contributed by atoms with Crippen molar-refractivity contribution in [1.29, 1.82) is 0 Å². The number of carbonyl (C=O) groups excluding carboxylic acids is 7. The van der Waals surface area contributed by atoms with Crippen LogP contribution in [0.25, 0.3) is 0 Å². The third-order valence-electron chi connectivity index (χ3n) is 14.3. The van der Waals surface area contributed by atoms with Crippen LogP contribution in [-0.2, 0) is 71.5 Å². The van der Waals surface area contributed by atoms with Crippen LogP contribution >= 0.6 is 11.8 Å². The molecule has 0 aliphatic carbocycles. The van der Waals surface area contributed by atoms with Gasteiger partial charge in [0.1, 0.15) is 67.6 Å². The first-order valence-corrected chi connectivity index (χ1v) is 28.4. The van der Waals surface area contributed by atoms with E-state index in [1.165, 1.54) is 0 Å². The predicted molar refractivity (Wildman–Crippen MR) is 277 cm³/mol. The fraction of sp³-hybridized carbons (Fsp3) is 0.840. The molecule has 5 heterocycles. The number of nitrogens with one attached hydrogen (secondary N) is 6. The van der Waals surface area contributed by atoms with E-state index in [9.17, 15) is 79.2 Å². The molecule has 0 saturated carbocycles. The van der Waals surface area contributed by atoms with Crippen molar-refractivity contribution in [2.75, 3.05) is 45.3 Å². The summed E-state index contributed by atoms with van der Waals surface area (Å²) in [5, 5.41) is 105. The summed E-state index contributed by atoms with van der Waals surface area (Å²) in [5.74, 6) is -7.38. The Morgan fingerprint density at radius 1 is 0.753 bits per heavy atom. The van der Waals surface area contributed by atoms with Crippen molar-refractivity contribution in [2.24, 2.45) is 0 Å². The molecule has 6 amide bonds. The van der Waals surface area contributed by atoms with Gasteiger partial charge in [-0.2, -0.15) is 11.8 Å². The topological polar surface area (TPSA) is 444 Å². The second-order valence-electron chi connectivity index (χ2n) is 20.8. The van der Waals surface area contributed by atoms with E-state index in [2.05, 4.69) is 31.9 Å². The molecule has 0 aromatic heterocycles.